The van der Waals surface area contributed by atoms with Crippen molar-refractivity contribution < 1.29 is 22.3 Å². The maximum absolute atomic E-state index is 13.9. The van der Waals surface area contributed by atoms with Crippen LogP contribution in [0.25, 0.3) is 0 Å². The first-order valence-corrected chi connectivity index (χ1v) is 10.2. The van der Waals surface area contributed by atoms with Gasteiger partial charge in [-0.1, -0.05) is 22.0 Å². The van der Waals surface area contributed by atoms with E-state index in [1.807, 2.05) is 0 Å². The molecule has 0 aliphatic carbocycles. The zero-order valence-corrected chi connectivity index (χ0v) is 17.7. The molecule has 2 rings (SSSR count). The highest BCUT2D eigenvalue weighted by atomic mass is 79.9. The molecule has 1 N–H and O–H groups in total. The summed E-state index contributed by atoms with van der Waals surface area (Å²) in [6.07, 6.45) is -0.991. The monoisotopic (exact) mass is 458 g/mol. The van der Waals surface area contributed by atoms with Gasteiger partial charge < -0.3 is 10.1 Å². The van der Waals surface area contributed by atoms with Crippen molar-refractivity contribution in [3.8, 4) is 5.75 Å². The van der Waals surface area contributed by atoms with E-state index in [-0.39, 0.29) is 10.6 Å². The Balaban J connectivity index is 2.19. The maximum Gasteiger partial charge on any atom is 0.265 e. The van der Waals surface area contributed by atoms with Gasteiger partial charge in [0.25, 0.3) is 5.91 Å². The molecule has 0 aliphatic heterocycles. The predicted molar refractivity (Wildman–Crippen MR) is 105 cm³/mol. The van der Waals surface area contributed by atoms with Gasteiger partial charge in [0.1, 0.15) is 0 Å². The predicted octanol–water partition coefficient (Wildman–Crippen LogP) is 3.55. The van der Waals surface area contributed by atoms with Crippen molar-refractivity contribution in [2.75, 3.05) is 19.4 Å². The molecule has 0 aliphatic rings. The molecular weight excluding hydrogens is 439 g/mol. The topological polar surface area (TPSA) is 75.7 Å². The number of ether oxygens (including phenoxy) is 1. The van der Waals surface area contributed by atoms with Crippen molar-refractivity contribution in [2.24, 2.45) is 0 Å². The lowest BCUT2D eigenvalue weighted by molar-refractivity contribution is -0.122. The Morgan fingerprint density at radius 1 is 1.22 bits per heavy atom. The molecule has 9 heteroatoms. The molecule has 1 atom stereocenters. The summed E-state index contributed by atoms with van der Waals surface area (Å²) in [4.78, 5) is 12.5. The molecule has 0 heterocycles. The van der Waals surface area contributed by atoms with Gasteiger partial charge in [-0.3, -0.25) is 4.79 Å². The van der Waals surface area contributed by atoms with Gasteiger partial charge in [-0.15, -0.1) is 0 Å². The first-order valence-electron chi connectivity index (χ1n) is 7.98. The van der Waals surface area contributed by atoms with E-state index in [4.69, 9.17) is 4.74 Å². The van der Waals surface area contributed by atoms with Gasteiger partial charge in [0, 0.05) is 24.3 Å². The Hall–Kier alpha value is -1.97. The number of sulfonamides is 1. The number of benzene rings is 2. The lowest BCUT2D eigenvalue weighted by Gasteiger charge is -2.17. The average molecular weight is 459 g/mol. The number of nitrogens with one attached hydrogen (secondary N) is 1. The number of anilines is 1. The molecule has 0 bridgehead atoms. The smallest absolute Gasteiger partial charge is 0.265 e. The van der Waals surface area contributed by atoms with E-state index in [0.717, 1.165) is 4.31 Å². The molecule has 1 unspecified atom stereocenters. The maximum atomic E-state index is 13.9. The van der Waals surface area contributed by atoms with Crippen LogP contribution < -0.4 is 10.1 Å². The summed E-state index contributed by atoms with van der Waals surface area (Å²) in [5.74, 6) is -1.18. The van der Waals surface area contributed by atoms with Crippen molar-refractivity contribution in [1.82, 2.24) is 4.31 Å². The molecular formula is C18H20BrFN2O4S. The average Bonchev–Trinajstić information content (AvgIpc) is 2.58. The third kappa shape index (κ3) is 5.06. The van der Waals surface area contributed by atoms with E-state index < -0.39 is 27.9 Å². The number of hydrogen-bond donors (Lipinski definition) is 1. The van der Waals surface area contributed by atoms with Crippen molar-refractivity contribution in [2.45, 2.75) is 24.8 Å². The number of hydrogen-bond acceptors (Lipinski definition) is 4. The quantitative estimate of drug-likeness (QED) is 0.717. The fraction of sp³-hybridized carbons (Fsp3) is 0.278. The third-order valence-corrected chi connectivity index (χ3v) is 6.12. The number of amides is 1. The van der Waals surface area contributed by atoms with Crippen LogP contribution in [0.3, 0.4) is 0 Å². The highest BCUT2D eigenvalue weighted by Crippen LogP contribution is 2.24. The Kier molecular flexibility index (Phi) is 6.61. The SMILES string of the molecule is Cc1ccc(S(=O)(=O)N(C)C)cc1NC(=O)C(C)Oc1ccc(Br)cc1F. The summed E-state index contributed by atoms with van der Waals surface area (Å²) in [5, 5.41) is 2.63. The van der Waals surface area contributed by atoms with E-state index in [2.05, 4.69) is 21.2 Å². The second-order valence-electron chi connectivity index (χ2n) is 6.09. The standard InChI is InChI=1S/C18H20BrFN2O4S/c1-11-5-7-14(27(24,25)22(3)4)10-16(11)21-18(23)12(2)26-17-8-6-13(19)9-15(17)20/h5-10,12H,1-4H3,(H,21,23). The van der Waals surface area contributed by atoms with Gasteiger partial charge in [-0.25, -0.2) is 17.1 Å². The minimum atomic E-state index is -3.63. The molecule has 2 aromatic rings. The molecule has 0 radical (unpaired) electrons. The number of rotatable bonds is 6. The first-order chi connectivity index (χ1) is 12.5. The van der Waals surface area contributed by atoms with Crippen LogP contribution in [-0.4, -0.2) is 38.8 Å². The lowest BCUT2D eigenvalue weighted by atomic mass is 10.2. The van der Waals surface area contributed by atoms with Gasteiger partial charge in [0.05, 0.1) is 4.90 Å². The summed E-state index contributed by atoms with van der Waals surface area (Å²) >= 11 is 3.15. The summed E-state index contributed by atoms with van der Waals surface area (Å²) < 4.78 is 45.4. The molecule has 0 fully saturated rings. The Bertz CT molecular complexity index is 964. The van der Waals surface area contributed by atoms with Crippen molar-refractivity contribution >= 4 is 37.5 Å². The number of aryl methyl sites for hydroxylation is 1. The summed E-state index contributed by atoms with van der Waals surface area (Å²) in [6.45, 7) is 3.22. The highest BCUT2D eigenvalue weighted by molar-refractivity contribution is 9.10. The highest BCUT2D eigenvalue weighted by Gasteiger charge is 2.21. The summed E-state index contributed by atoms with van der Waals surface area (Å²) in [6, 6.07) is 8.71. The zero-order valence-electron chi connectivity index (χ0n) is 15.3. The largest absolute Gasteiger partial charge is 0.478 e. The van der Waals surface area contributed by atoms with E-state index >= 15 is 0 Å². The molecule has 1 amide bonds. The third-order valence-electron chi connectivity index (χ3n) is 3.81. The Labute approximate surface area is 166 Å². The minimum absolute atomic E-state index is 0.0542. The Morgan fingerprint density at radius 2 is 1.89 bits per heavy atom. The number of carbonyl (C=O) groups is 1. The van der Waals surface area contributed by atoms with Crippen LogP contribution in [-0.2, 0) is 14.8 Å². The van der Waals surface area contributed by atoms with Crippen LogP contribution in [0.4, 0.5) is 10.1 Å². The zero-order chi connectivity index (χ0) is 20.4. The van der Waals surface area contributed by atoms with Gasteiger partial charge in [-0.2, -0.15) is 0 Å². The van der Waals surface area contributed by atoms with Gasteiger partial charge in [0.2, 0.25) is 10.0 Å². The molecule has 2 aromatic carbocycles. The van der Waals surface area contributed by atoms with E-state index in [0.29, 0.717) is 15.7 Å². The van der Waals surface area contributed by atoms with Gasteiger partial charge in [0.15, 0.2) is 17.7 Å². The number of carbonyl (C=O) groups excluding carboxylic acids is 1. The first kappa shape index (κ1) is 21.3. The fourth-order valence-electron chi connectivity index (χ4n) is 2.16. The lowest BCUT2D eigenvalue weighted by Crippen LogP contribution is -2.31. The molecule has 6 nitrogen and oxygen atoms in total. The van der Waals surface area contributed by atoms with Crippen LogP contribution in [0.5, 0.6) is 5.75 Å². The second-order valence-corrected chi connectivity index (χ2v) is 9.16. The molecule has 146 valence electrons. The second kappa shape index (κ2) is 8.37. The normalized spacial score (nSPS) is 12.7. The van der Waals surface area contributed by atoms with Gasteiger partial charge >= 0.3 is 0 Å². The molecule has 0 saturated carbocycles. The van der Waals surface area contributed by atoms with Crippen molar-refractivity contribution in [3.63, 3.8) is 0 Å². The molecule has 0 saturated heterocycles. The fourth-order valence-corrected chi connectivity index (χ4v) is 3.42. The number of halogens is 2. The van der Waals surface area contributed by atoms with Crippen LogP contribution >= 0.6 is 15.9 Å². The minimum Gasteiger partial charge on any atom is -0.478 e. The van der Waals surface area contributed by atoms with Crippen LogP contribution in [0.1, 0.15) is 12.5 Å². The van der Waals surface area contributed by atoms with Crippen LogP contribution in [0, 0.1) is 12.7 Å². The number of nitrogens with zero attached hydrogens (tertiary/aromatic N) is 1. The van der Waals surface area contributed by atoms with E-state index in [9.17, 15) is 17.6 Å². The van der Waals surface area contributed by atoms with Crippen molar-refractivity contribution in [3.05, 3.63) is 52.3 Å². The van der Waals surface area contributed by atoms with Gasteiger partial charge in [-0.05, 0) is 49.7 Å². The summed E-state index contributed by atoms with van der Waals surface area (Å²) in [7, 11) is -0.780. The molecule has 0 aromatic heterocycles. The molecule has 0 spiro atoms. The summed E-state index contributed by atoms with van der Waals surface area (Å²) in [5.41, 5.74) is 1.03. The van der Waals surface area contributed by atoms with Crippen LogP contribution in [0.15, 0.2) is 45.8 Å². The Morgan fingerprint density at radius 3 is 2.48 bits per heavy atom. The van der Waals surface area contributed by atoms with Crippen LogP contribution in [0.2, 0.25) is 0 Å². The van der Waals surface area contributed by atoms with E-state index in [1.54, 1.807) is 19.1 Å². The molecule has 27 heavy (non-hydrogen) atoms. The van der Waals surface area contributed by atoms with Crippen molar-refractivity contribution in [1.29, 1.82) is 0 Å². The van der Waals surface area contributed by atoms with E-state index in [1.165, 1.54) is 45.3 Å².